The van der Waals surface area contributed by atoms with E-state index in [9.17, 15) is 9.59 Å². The van der Waals surface area contributed by atoms with Crippen LogP contribution >= 0.6 is 0 Å². The van der Waals surface area contributed by atoms with E-state index in [1.54, 1.807) is 4.90 Å². The van der Waals surface area contributed by atoms with Crippen molar-refractivity contribution in [1.82, 2.24) is 4.90 Å². The minimum absolute atomic E-state index is 0.436. The van der Waals surface area contributed by atoms with Gasteiger partial charge in [-0.3, -0.25) is 14.5 Å². The van der Waals surface area contributed by atoms with Gasteiger partial charge in [-0.25, -0.2) is 0 Å². The van der Waals surface area contributed by atoms with Crippen LogP contribution < -0.4 is 5.73 Å². The van der Waals surface area contributed by atoms with Gasteiger partial charge in [0.25, 0.3) is 0 Å². The van der Waals surface area contributed by atoms with E-state index in [4.69, 9.17) is 10.8 Å². The van der Waals surface area contributed by atoms with E-state index in [-0.39, 0.29) is 0 Å². The summed E-state index contributed by atoms with van der Waals surface area (Å²) in [5, 5.41) is 9.17. The van der Waals surface area contributed by atoms with Crippen LogP contribution in [0.25, 0.3) is 0 Å². The first kappa shape index (κ1) is 12.6. The molecule has 0 radical (unpaired) electrons. The van der Waals surface area contributed by atoms with Crippen molar-refractivity contribution >= 4 is 11.9 Å². The van der Waals surface area contributed by atoms with Crippen molar-refractivity contribution in [2.45, 2.75) is 31.5 Å². The first-order valence-electron chi connectivity index (χ1n) is 5.91. The van der Waals surface area contributed by atoms with Crippen molar-refractivity contribution in [1.29, 1.82) is 0 Å². The second kappa shape index (κ2) is 5.18. The molecule has 0 bridgehead atoms. The van der Waals surface area contributed by atoms with Crippen LogP contribution in [0.1, 0.15) is 18.4 Å². The molecule has 2 atom stereocenters. The molecule has 2 rings (SSSR count). The molecular formula is C13H16N2O3. The topological polar surface area (TPSA) is 83.6 Å². The summed E-state index contributed by atoms with van der Waals surface area (Å²) in [7, 11) is 0. The van der Waals surface area contributed by atoms with Gasteiger partial charge in [-0.15, -0.1) is 0 Å². The van der Waals surface area contributed by atoms with E-state index in [1.165, 1.54) is 0 Å². The minimum Gasteiger partial charge on any atom is -0.480 e. The average molecular weight is 248 g/mol. The Morgan fingerprint density at radius 3 is 2.39 bits per heavy atom. The molecule has 5 nitrogen and oxygen atoms in total. The standard InChI is InChI=1S/C13H16N2O3/c14-12(16)10-6-7-11(13(17)18)15(10)8-9-4-2-1-3-5-9/h1-5,10-11H,6-8H2,(H2,14,16)(H,17,18). The fourth-order valence-electron chi connectivity index (χ4n) is 2.45. The number of nitrogens with zero attached hydrogens (tertiary/aromatic N) is 1. The van der Waals surface area contributed by atoms with Crippen LogP contribution in [0.15, 0.2) is 30.3 Å². The number of hydrogen-bond acceptors (Lipinski definition) is 3. The maximum absolute atomic E-state index is 11.4. The minimum atomic E-state index is -0.894. The smallest absolute Gasteiger partial charge is 0.320 e. The van der Waals surface area contributed by atoms with Gasteiger partial charge in [0.1, 0.15) is 6.04 Å². The van der Waals surface area contributed by atoms with Gasteiger partial charge in [0, 0.05) is 6.54 Å². The molecule has 0 saturated carbocycles. The predicted octanol–water partition coefficient (Wildman–Crippen LogP) is 0.589. The Morgan fingerprint density at radius 1 is 1.22 bits per heavy atom. The highest BCUT2D eigenvalue weighted by molar-refractivity contribution is 5.83. The lowest BCUT2D eigenvalue weighted by molar-refractivity contribution is -0.143. The summed E-state index contributed by atoms with van der Waals surface area (Å²) in [6.07, 6.45) is 0.981. The quantitative estimate of drug-likeness (QED) is 0.816. The number of benzene rings is 1. The normalized spacial score (nSPS) is 24.0. The Morgan fingerprint density at radius 2 is 1.83 bits per heavy atom. The van der Waals surface area contributed by atoms with Crippen molar-refractivity contribution in [3.63, 3.8) is 0 Å². The van der Waals surface area contributed by atoms with Gasteiger partial charge < -0.3 is 10.8 Å². The molecule has 3 N–H and O–H groups in total. The molecule has 1 heterocycles. The number of carbonyl (C=O) groups excluding carboxylic acids is 1. The number of carbonyl (C=O) groups is 2. The molecule has 0 aromatic heterocycles. The van der Waals surface area contributed by atoms with E-state index in [0.29, 0.717) is 19.4 Å². The van der Waals surface area contributed by atoms with E-state index in [1.807, 2.05) is 30.3 Å². The Balaban J connectivity index is 2.19. The lowest BCUT2D eigenvalue weighted by atomic mass is 10.1. The van der Waals surface area contributed by atoms with Crippen molar-refractivity contribution in [3.8, 4) is 0 Å². The monoisotopic (exact) mass is 248 g/mol. The fourth-order valence-corrected chi connectivity index (χ4v) is 2.45. The Bertz CT molecular complexity index is 425. The third kappa shape index (κ3) is 2.51. The van der Waals surface area contributed by atoms with Gasteiger partial charge in [-0.05, 0) is 18.4 Å². The second-order valence-electron chi connectivity index (χ2n) is 4.51. The Hall–Kier alpha value is -1.88. The van der Waals surface area contributed by atoms with Gasteiger partial charge >= 0.3 is 5.97 Å². The molecular weight excluding hydrogens is 232 g/mol. The molecule has 1 amide bonds. The maximum Gasteiger partial charge on any atom is 0.320 e. The number of rotatable bonds is 4. The average Bonchev–Trinajstić information content (AvgIpc) is 2.74. The van der Waals surface area contributed by atoms with Gasteiger partial charge in [0.2, 0.25) is 5.91 Å². The zero-order chi connectivity index (χ0) is 13.1. The fraction of sp³-hybridized carbons (Fsp3) is 0.385. The van der Waals surface area contributed by atoms with Crippen LogP contribution in [0.4, 0.5) is 0 Å². The molecule has 1 aromatic rings. The van der Waals surface area contributed by atoms with Gasteiger partial charge in [0.15, 0.2) is 0 Å². The van der Waals surface area contributed by atoms with Gasteiger partial charge in [-0.1, -0.05) is 30.3 Å². The van der Waals surface area contributed by atoms with Crippen molar-refractivity contribution in [2.24, 2.45) is 5.73 Å². The largest absolute Gasteiger partial charge is 0.480 e. The summed E-state index contributed by atoms with van der Waals surface area (Å²) < 4.78 is 0. The summed E-state index contributed by atoms with van der Waals surface area (Å²) in [4.78, 5) is 24.2. The summed E-state index contributed by atoms with van der Waals surface area (Å²) >= 11 is 0. The first-order chi connectivity index (χ1) is 8.59. The number of carboxylic acids is 1. The van der Waals surface area contributed by atoms with Crippen LogP contribution in [0.2, 0.25) is 0 Å². The van der Waals surface area contributed by atoms with Crippen molar-refractivity contribution in [3.05, 3.63) is 35.9 Å². The lowest BCUT2D eigenvalue weighted by Gasteiger charge is -2.26. The second-order valence-corrected chi connectivity index (χ2v) is 4.51. The molecule has 1 saturated heterocycles. The maximum atomic E-state index is 11.4. The molecule has 0 aliphatic carbocycles. The number of likely N-dealkylation sites (tertiary alicyclic amines) is 1. The molecule has 5 heteroatoms. The highest BCUT2D eigenvalue weighted by Crippen LogP contribution is 2.26. The third-order valence-corrected chi connectivity index (χ3v) is 3.34. The summed E-state index contributed by atoms with van der Waals surface area (Å²) in [6, 6.07) is 8.40. The number of aliphatic carboxylic acids is 1. The summed E-state index contributed by atoms with van der Waals surface area (Å²) in [6.45, 7) is 0.436. The lowest BCUT2D eigenvalue weighted by Crippen LogP contribution is -2.45. The van der Waals surface area contributed by atoms with E-state index < -0.39 is 24.0 Å². The number of hydrogen-bond donors (Lipinski definition) is 2. The Labute approximate surface area is 105 Å². The van der Waals surface area contributed by atoms with Crippen LogP contribution in [0.3, 0.4) is 0 Å². The van der Waals surface area contributed by atoms with Crippen molar-refractivity contribution < 1.29 is 14.7 Å². The Kier molecular flexibility index (Phi) is 3.62. The zero-order valence-electron chi connectivity index (χ0n) is 9.95. The van der Waals surface area contributed by atoms with Gasteiger partial charge in [-0.2, -0.15) is 0 Å². The van der Waals surface area contributed by atoms with Crippen LogP contribution in [-0.2, 0) is 16.1 Å². The summed E-state index contributed by atoms with van der Waals surface area (Å²) in [5.74, 6) is -1.34. The van der Waals surface area contributed by atoms with E-state index in [2.05, 4.69) is 0 Å². The molecule has 1 aliphatic rings. The van der Waals surface area contributed by atoms with Crippen LogP contribution in [0.5, 0.6) is 0 Å². The highest BCUT2D eigenvalue weighted by atomic mass is 16.4. The molecule has 1 fully saturated rings. The molecule has 1 aliphatic heterocycles. The molecule has 2 unspecified atom stereocenters. The third-order valence-electron chi connectivity index (χ3n) is 3.34. The SMILES string of the molecule is NC(=O)C1CCC(C(=O)O)N1Cc1ccccc1. The molecule has 96 valence electrons. The van der Waals surface area contributed by atoms with Crippen LogP contribution in [0, 0.1) is 0 Å². The first-order valence-corrected chi connectivity index (χ1v) is 5.91. The highest BCUT2D eigenvalue weighted by Gasteiger charge is 2.40. The number of nitrogens with two attached hydrogens (primary N) is 1. The van der Waals surface area contributed by atoms with Gasteiger partial charge in [0.05, 0.1) is 6.04 Å². The molecule has 18 heavy (non-hydrogen) atoms. The predicted molar refractivity (Wildman–Crippen MR) is 65.6 cm³/mol. The van der Waals surface area contributed by atoms with Crippen LogP contribution in [-0.4, -0.2) is 34.0 Å². The van der Waals surface area contributed by atoms with Crippen molar-refractivity contribution in [2.75, 3.05) is 0 Å². The zero-order valence-corrected chi connectivity index (χ0v) is 9.95. The molecule has 1 aromatic carbocycles. The number of amides is 1. The van der Waals surface area contributed by atoms with E-state index in [0.717, 1.165) is 5.56 Å². The molecule has 0 spiro atoms. The number of carboxylic acid groups (broad SMARTS) is 1. The van der Waals surface area contributed by atoms with E-state index >= 15 is 0 Å². The summed E-state index contributed by atoms with van der Waals surface area (Å²) in [5.41, 5.74) is 6.31. The number of primary amides is 1.